The van der Waals surface area contributed by atoms with E-state index in [1.807, 2.05) is 39.0 Å². The number of pyridine rings is 1. The van der Waals surface area contributed by atoms with E-state index in [1.165, 1.54) is 31.7 Å². The molecule has 18 aliphatic rings. The monoisotopic (exact) mass is 2340 g/mol. The van der Waals surface area contributed by atoms with Crippen LogP contribution in [0.2, 0.25) is 0 Å². The molecular formula is C99H137Ac2F3NNaO24Se. The molecule has 6 saturated heterocycles. The number of aliphatic hydroxyl groups is 5. The third kappa shape index (κ3) is 23.6. The number of carbonyl (C=O) groups excluding carboxylic acids is 6. The number of benzene rings is 1. The number of cyclic esters (lactones) is 6. The Morgan fingerprint density at radius 3 is 1.21 bits per heavy atom. The van der Waals surface area contributed by atoms with Crippen LogP contribution in [0, 0.1) is 248 Å². The zero-order valence-corrected chi connectivity index (χ0v) is 88.9. The molecule has 6 aliphatic heterocycles. The van der Waals surface area contributed by atoms with Crippen molar-refractivity contribution in [3.05, 3.63) is 94.9 Å². The third-order valence-electron chi connectivity index (χ3n) is 33.5. The molecule has 7 heterocycles. The van der Waals surface area contributed by atoms with Crippen molar-refractivity contribution in [1.29, 1.82) is 0 Å². The summed E-state index contributed by atoms with van der Waals surface area (Å²) in [7, 11) is 0. The number of aromatic nitrogens is 1. The Morgan fingerprint density at radius 2 is 0.802 bits per heavy atom. The summed E-state index contributed by atoms with van der Waals surface area (Å²) in [5, 5.41) is 70.2. The molecule has 131 heavy (non-hydrogen) atoms. The summed E-state index contributed by atoms with van der Waals surface area (Å²) in [5.74, 6) is -0.567. The number of hydrogen-bond acceptors (Lipinski definition) is 23. The van der Waals surface area contributed by atoms with E-state index in [2.05, 4.69) is 44.8 Å². The van der Waals surface area contributed by atoms with Gasteiger partial charge in [0.2, 0.25) is 0 Å². The zero-order chi connectivity index (χ0) is 89.8. The third-order valence-corrected chi connectivity index (χ3v) is 33.5. The summed E-state index contributed by atoms with van der Waals surface area (Å²) in [6, 6.07) is 8.77. The van der Waals surface area contributed by atoms with Gasteiger partial charge in [-0.1, -0.05) is 109 Å². The minimum Gasteiger partial charge on any atom is -0.870 e. The van der Waals surface area contributed by atoms with Gasteiger partial charge in [0.1, 0.15) is 36.6 Å². The van der Waals surface area contributed by atoms with E-state index in [0.717, 1.165) is 126 Å². The van der Waals surface area contributed by atoms with Gasteiger partial charge in [0.15, 0.2) is 0 Å². The van der Waals surface area contributed by atoms with E-state index < -0.39 is 62.5 Å². The molecule has 32 heteroatoms. The predicted octanol–water partition coefficient (Wildman–Crippen LogP) is 12.1. The van der Waals surface area contributed by atoms with Gasteiger partial charge >= 0.3 is 106 Å². The number of hydrogen-bond donors (Lipinski definition) is 7. The number of aliphatic carboxylic acids is 2. The number of carbonyl (C=O) groups is 8. The molecule has 8 N–H and O–H groups in total. The fraction of sp³-hybridized carbons (Fsp3) is 0.727. The molecule has 0 bridgehead atoms. The largest absolute Gasteiger partial charge is 1.00 e. The minimum absolute atomic E-state index is 0. The van der Waals surface area contributed by atoms with E-state index in [1.54, 1.807) is 43.8 Å². The fourth-order valence-corrected chi connectivity index (χ4v) is 27.9. The minimum atomic E-state index is -4.39. The number of ether oxygens (including phenoxy) is 6. The Kier molecular flexibility index (Phi) is 41.6. The molecule has 20 rings (SSSR count). The first-order valence-electron chi connectivity index (χ1n) is 46.5. The van der Waals surface area contributed by atoms with Crippen LogP contribution in [0.15, 0.2) is 83.6 Å². The molecule has 1 aromatic carbocycles. The number of rotatable bonds is 5. The van der Waals surface area contributed by atoms with Gasteiger partial charge in [0, 0.05) is 135 Å². The van der Waals surface area contributed by atoms with Crippen LogP contribution in [0.25, 0.3) is 17.2 Å². The van der Waals surface area contributed by atoms with E-state index in [0.29, 0.717) is 89.3 Å². The Bertz CT molecular complexity index is 4320. The molecule has 12 aliphatic carbocycles. The summed E-state index contributed by atoms with van der Waals surface area (Å²) in [6.07, 6.45) is 25.7. The van der Waals surface area contributed by atoms with Crippen LogP contribution in [0.5, 0.6) is 0 Å². The average Bonchev–Trinajstić information content (AvgIpc) is 1.70. The van der Waals surface area contributed by atoms with Crippen molar-refractivity contribution in [2.75, 3.05) is 0 Å². The number of carboxylic acids is 2. The van der Waals surface area contributed by atoms with Crippen LogP contribution in [-0.4, -0.2) is 176 Å². The van der Waals surface area contributed by atoms with Gasteiger partial charge in [-0.2, -0.15) is 13.2 Å². The maximum absolute atomic E-state index is 13.0. The van der Waals surface area contributed by atoms with Crippen LogP contribution < -0.4 is 29.6 Å². The van der Waals surface area contributed by atoms with Crippen molar-refractivity contribution in [1.82, 2.24) is 4.98 Å². The van der Waals surface area contributed by atoms with Crippen molar-refractivity contribution in [2.24, 2.45) is 160 Å². The number of allylic oxidation sites excluding steroid dienone is 2. The van der Waals surface area contributed by atoms with Crippen molar-refractivity contribution >= 4 is 68.7 Å². The molecule has 17 unspecified atom stereocenters. The van der Waals surface area contributed by atoms with E-state index >= 15 is 0 Å². The van der Waals surface area contributed by atoms with E-state index in [4.69, 9.17) is 36.1 Å². The van der Waals surface area contributed by atoms with Crippen molar-refractivity contribution in [2.45, 2.75) is 292 Å². The van der Waals surface area contributed by atoms with Crippen molar-refractivity contribution < 1.29 is 247 Å². The molecule has 9 saturated carbocycles. The SMILES string of the molecule is C.C.C[C@@H]1[C@@H]2[C@@H](C)OC(=O)[C@@H]2C=C2CCCC[C@H]21.C[C@@H]1[C@@H]2[C@@H](C)OC(=O)[C@@H]2C=C2[C@H](O)CCC[C@H]21.C[C@@H]1[C@@H]2[C@@H](C)OC(=O)[C@@H]2C=C2[C@H]1CCC[C@@H]2O.C[C@H]1OC(=O)C2CC3C(O)CCCC3C(C(=O)O)C21.C[C@H]1OC(=O)C2CC3C(O)CCCC3C(C(=O)O)C21.C[C@H]1OC(=O)C2CC3C(O)CCCC3[C@H](/C=C/c3ccc(-c4cccc(C(F)(F)F)c4)cn3)C21.O=[Se]=O.[Ac].[Ac].[Na+].[OH-]. The molecule has 15 fully saturated rings. The Hall–Kier alpha value is -3.36. The number of nitrogens with zero attached hydrogens (tertiary/aromatic N) is 1. The first-order valence-corrected chi connectivity index (χ1v) is 47.9. The maximum atomic E-state index is 13.0. The zero-order valence-electron chi connectivity index (χ0n) is 75.7. The number of halogens is 3. The Balaban J connectivity index is 0.000000195. The van der Waals surface area contributed by atoms with Gasteiger partial charge in [0.25, 0.3) is 0 Å². The standard InChI is InChI=1S/C27H28F3NO3.2C14H20O5.2C14H20O3.C14H20O2.2CH4.2Ac.Na.O2Se.H2O/c1-15-25-21(20-6-3-7-24(32)22(20)13-23(25)26(33)34-15)11-10-19-9-8-17(14-31-19)16-4-2-5-18(12-16)27(28,29)30;2*1-6-11-9(14(18)19-6)5-8-7(12(11)13(16)17)3-2-4-10(8)15;2*1-7-9-4-3-5-12(15)10(9)6-11-13(7)8(2)17-14(11)16;1-8-11-6-4-3-5-10(11)7-12-13(8)9(2)16-14(12)15;;;;;;1-3-2;/h2,4-5,8-12,14-15,20-25,32H,3,6-7,13H2,1H3;2*6-12,15H,2-5H2,1H3,(H,16,17);2*6-9,11-13,15H,3-5H2,1-2H3;7-9,11-13H,3-6H2,1-2H3;2*1H4;;;;;1H2/q;;;;;;;;;;+1;;/p-1/b11-10+;;;;;;;;;;;;/t15-,20?,21+,22?,23?,24?,25?;2*6-,7?,8?,9?,10?,11?,12?;7-,8+,9-,11+,12+,13+;7-,8+,9-,11+,12-,13+;8-,9+,11-,12+,13+;;;;;;;/m111000......./s1. The van der Waals surface area contributed by atoms with Gasteiger partial charge in [-0.3, -0.25) is 43.3 Å². The molecule has 0 spiro atoms. The molecule has 25 nitrogen and oxygen atoms in total. The van der Waals surface area contributed by atoms with Crippen molar-refractivity contribution in [3.63, 3.8) is 0 Å². The molecule has 38 atom stereocenters. The fourth-order valence-electron chi connectivity index (χ4n) is 27.9. The molecule has 0 amide bonds. The second-order valence-electron chi connectivity index (χ2n) is 39.8. The number of aliphatic hydroxyl groups excluding tert-OH is 5. The summed E-state index contributed by atoms with van der Waals surface area (Å²) in [4.78, 5) is 99.4. The Labute approximate surface area is 868 Å². The summed E-state index contributed by atoms with van der Waals surface area (Å²) in [5.41, 5.74) is 4.84. The second-order valence-corrected chi connectivity index (χ2v) is 40.1. The topological polar surface area (TPSA) is 411 Å². The molecule has 2 radical (unpaired) electrons. The normalized spacial score (nSPS) is 41.5. The number of carboxylic acid groups (broad SMARTS) is 2. The van der Waals surface area contributed by atoms with Crippen LogP contribution in [0.3, 0.4) is 0 Å². The van der Waals surface area contributed by atoms with Gasteiger partial charge in [-0.05, 0) is 275 Å². The summed E-state index contributed by atoms with van der Waals surface area (Å²) >= 11 is -1.62. The quantitative estimate of drug-likeness (QED) is 0.0633. The van der Waals surface area contributed by atoms with Crippen LogP contribution in [-0.2, 0) is 80.6 Å². The number of alkyl halides is 3. The van der Waals surface area contributed by atoms with Crippen LogP contribution in [0.1, 0.15) is 230 Å². The Morgan fingerprint density at radius 1 is 0.435 bits per heavy atom. The predicted molar refractivity (Wildman–Crippen MR) is 462 cm³/mol. The molecular weight excluding hydrogens is 2200 g/mol. The molecule has 2 aromatic rings. The van der Waals surface area contributed by atoms with Crippen LogP contribution >= 0.6 is 0 Å². The van der Waals surface area contributed by atoms with E-state index in [-0.39, 0.29) is 318 Å². The van der Waals surface area contributed by atoms with E-state index in [9.17, 15) is 87.3 Å². The molecule has 1 aromatic heterocycles. The smallest absolute Gasteiger partial charge is 0.870 e. The van der Waals surface area contributed by atoms with Gasteiger partial charge in [-0.25, -0.2) is 0 Å². The first-order chi connectivity index (χ1) is 59.5. The van der Waals surface area contributed by atoms with Gasteiger partial charge in [-0.15, -0.1) is 0 Å². The molecule has 716 valence electrons. The van der Waals surface area contributed by atoms with Crippen molar-refractivity contribution in [3.8, 4) is 11.1 Å². The van der Waals surface area contributed by atoms with Gasteiger partial charge in [0.05, 0.1) is 89.1 Å². The summed E-state index contributed by atoms with van der Waals surface area (Å²) in [6.45, 7) is 18.3. The average molecular weight is 2340 g/mol. The first kappa shape index (κ1) is 113. The number of esters is 6. The summed E-state index contributed by atoms with van der Waals surface area (Å²) < 4.78 is 88.2. The van der Waals surface area contributed by atoms with Crippen LogP contribution in [0.4, 0.5) is 13.2 Å². The second kappa shape index (κ2) is 48.2. The number of fused-ring (bicyclic) bond motifs is 12. The van der Waals surface area contributed by atoms with Gasteiger partial charge < -0.3 is 69.6 Å². The maximum Gasteiger partial charge on any atom is 1.00 e.